The van der Waals surface area contributed by atoms with Crippen LogP contribution >= 0.6 is 67.8 Å². The molecule has 4 N–H and O–H groups in total. The molecule has 0 aliphatic carbocycles. The Bertz CT molecular complexity index is 1370. The topological polar surface area (TPSA) is 258 Å². The van der Waals surface area contributed by atoms with E-state index in [2.05, 4.69) is 10.6 Å². The van der Waals surface area contributed by atoms with Gasteiger partial charge in [0.15, 0.2) is 0 Å². The van der Waals surface area contributed by atoms with E-state index in [1.165, 1.54) is 0 Å². The first-order valence-electron chi connectivity index (χ1n) is 13.8. The Morgan fingerprint density at radius 2 is 1.08 bits per heavy atom. The van der Waals surface area contributed by atoms with Gasteiger partial charge in [-0.25, -0.2) is 9.59 Å². The van der Waals surface area contributed by atoms with Gasteiger partial charge in [-0.2, -0.15) is 0 Å². The van der Waals surface area contributed by atoms with Crippen molar-refractivity contribution in [1.82, 2.24) is 10.6 Å². The summed E-state index contributed by atoms with van der Waals surface area (Å²) in [7, 11) is 0. The molecule has 49 heavy (non-hydrogen) atoms. The van der Waals surface area contributed by atoms with E-state index in [9.17, 15) is 38.4 Å². The summed E-state index contributed by atoms with van der Waals surface area (Å²) in [6, 6.07) is -2.16. The highest BCUT2D eigenvalue weighted by Crippen LogP contribution is 2.38. The van der Waals surface area contributed by atoms with Gasteiger partial charge in [0, 0.05) is 31.3 Å². The number of benzene rings is 1. The highest BCUT2D eigenvalue weighted by Gasteiger charge is 2.37. The van der Waals surface area contributed by atoms with Crippen LogP contribution in [0.3, 0.4) is 0 Å². The largest absolute Gasteiger partial charge is 0.464 e. The zero-order valence-electron chi connectivity index (χ0n) is 26.3. The number of esters is 4. The Kier molecular flexibility index (Phi) is 16.9. The van der Waals surface area contributed by atoms with Gasteiger partial charge >= 0.3 is 36.1 Å². The fourth-order valence-electron chi connectivity index (χ4n) is 3.53. The average Bonchev–Trinajstić information content (AvgIpc) is 3.82. The number of carbonyl (C=O) groups excluding carboxylic acids is 8. The van der Waals surface area contributed by atoms with Gasteiger partial charge in [0.05, 0.1) is 37.0 Å². The number of hydrogen-bond acceptors (Lipinski definition) is 15. The van der Waals surface area contributed by atoms with Crippen molar-refractivity contribution in [3.05, 3.63) is 21.8 Å². The van der Waals surface area contributed by atoms with Gasteiger partial charge in [-0.15, -0.1) is 0 Å². The van der Waals surface area contributed by atoms with Gasteiger partial charge in [0.2, 0.25) is 0 Å². The molecule has 1 unspecified atom stereocenters. The normalized spacial score (nSPS) is 13.1. The summed E-state index contributed by atoms with van der Waals surface area (Å²) in [5.74, 6) is -4.55. The second-order valence-electron chi connectivity index (χ2n) is 9.83. The summed E-state index contributed by atoms with van der Waals surface area (Å²) in [6.45, 7) is 2.97. The van der Waals surface area contributed by atoms with Crippen LogP contribution in [-0.4, -0.2) is 106 Å². The van der Waals surface area contributed by atoms with E-state index >= 15 is 0 Å². The van der Waals surface area contributed by atoms with E-state index < -0.39 is 92.5 Å². The molecule has 2 rings (SSSR count). The van der Waals surface area contributed by atoms with Crippen molar-refractivity contribution >= 4 is 121 Å². The number of nitrogens with zero attached hydrogens (tertiary/aromatic N) is 1. The van der Waals surface area contributed by atoms with Crippen LogP contribution < -0.4 is 21.4 Å². The number of ether oxygens (including phenoxy) is 6. The molecule has 270 valence electrons. The second kappa shape index (κ2) is 19.8. The van der Waals surface area contributed by atoms with E-state index in [4.69, 9.17) is 39.0 Å². The van der Waals surface area contributed by atoms with E-state index in [1.807, 2.05) is 0 Å². The first kappa shape index (κ1) is 41.9. The maximum Gasteiger partial charge on any atom is 0.448 e. The van der Waals surface area contributed by atoms with Crippen LogP contribution in [0.5, 0.6) is 0 Å². The summed E-state index contributed by atoms with van der Waals surface area (Å²) < 4.78 is 30.1. The molecule has 0 bridgehead atoms. The molecule has 19 nitrogen and oxygen atoms in total. The molecule has 1 heterocycles. The Hall–Kier alpha value is -3.27. The van der Waals surface area contributed by atoms with E-state index in [0.29, 0.717) is 11.7 Å². The first-order chi connectivity index (χ1) is 22.9. The number of nitrogens with two attached hydrogens (primary N) is 1. The van der Waals surface area contributed by atoms with Gasteiger partial charge in [-0.1, -0.05) is 5.06 Å². The number of amides is 4. The predicted molar refractivity (Wildman–Crippen MR) is 188 cm³/mol. The summed E-state index contributed by atoms with van der Waals surface area (Å²) in [6.07, 6.45) is -3.10. The minimum absolute atomic E-state index is 0.00127. The molecular formula is C27H31I3N4O15. The molecule has 0 aromatic heterocycles. The van der Waals surface area contributed by atoms with Crippen molar-refractivity contribution in [3.8, 4) is 0 Å². The average molecular weight is 1030 g/mol. The van der Waals surface area contributed by atoms with Crippen LogP contribution in [0.15, 0.2) is 0 Å². The molecule has 1 atom stereocenters. The number of primary amides is 1. The van der Waals surface area contributed by atoms with Crippen molar-refractivity contribution < 1.29 is 71.6 Å². The molecule has 0 radical (unpaired) electrons. The Morgan fingerprint density at radius 1 is 0.714 bits per heavy atom. The van der Waals surface area contributed by atoms with Crippen LogP contribution in [-0.2, 0) is 52.4 Å². The number of halogens is 3. The lowest BCUT2D eigenvalue weighted by Crippen LogP contribution is -2.45. The van der Waals surface area contributed by atoms with E-state index in [0.717, 1.165) is 27.7 Å². The van der Waals surface area contributed by atoms with E-state index in [-0.39, 0.29) is 34.1 Å². The van der Waals surface area contributed by atoms with Gasteiger partial charge < -0.3 is 49.6 Å². The quantitative estimate of drug-likeness (QED) is 0.0736. The number of rotatable bonds is 15. The zero-order valence-corrected chi connectivity index (χ0v) is 32.7. The van der Waals surface area contributed by atoms with Gasteiger partial charge in [0.25, 0.3) is 11.8 Å². The Balaban J connectivity index is 2.73. The monoisotopic (exact) mass is 1030 g/mol. The fraction of sp³-hybridized carbons (Fsp3) is 0.481. The van der Waals surface area contributed by atoms with Crippen molar-refractivity contribution in [2.75, 3.05) is 44.7 Å². The molecule has 1 saturated heterocycles. The first-order valence-corrected chi connectivity index (χ1v) is 17.1. The lowest BCUT2D eigenvalue weighted by Gasteiger charge is -2.26. The molecule has 0 saturated carbocycles. The predicted octanol–water partition coefficient (Wildman–Crippen LogP) is 1.30. The summed E-state index contributed by atoms with van der Waals surface area (Å²) in [4.78, 5) is 104. The van der Waals surface area contributed by atoms with Gasteiger partial charge in [0.1, 0.15) is 44.8 Å². The van der Waals surface area contributed by atoms with Crippen molar-refractivity contribution in [2.45, 2.75) is 45.9 Å². The molecular weight excluding hydrogens is 1000 g/mol. The number of anilines is 1. The molecule has 22 heteroatoms. The fourth-order valence-corrected chi connectivity index (χ4v) is 8.11. The Morgan fingerprint density at radius 3 is 1.39 bits per heavy atom. The van der Waals surface area contributed by atoms with Crippen LogP contribution in [0.2, 0.25) is 0 Å². The minimum atomic E-state index is -1.45. The van der Waals surface area contributed by atoms with Gasteiger partial charge in [-0.05, 0) is 67.8 Å². The number of epoxide rings is 1. The SMILES string of the molecule is CC(=O)OCC(COC(C)=O)NC(=O)c1c(I)c(C(=O)NC(COC(C)=O)COC(C)=O)c(I)c(N(OC(N)=O)C(=O)OCC2CO2)c1I. The third kappa shape index (κ3) is 13.9. The molecule has 1 aliphatic rings. The second-order valence-corrected chi connectivity index (χ2v) is 13.1. The van der Waals surface area contributed by atoms with Crippen LogP contribution in [0, 0.1) is 10.7 Å². The summed E-state index contributed by atoms with van der Waals surface area (Å²) in [5, 5.41) is 5.50. The lowest BCUT2D eigenvalue weighted by atomic mass is 10.1. The lowest BCUT2D eigenvalue weighted by molar-refractivity contribution is -0.146. The maximum atomic E-state index is 13.9. The third-order valence-corrected chi connectivity index (χ3v) is 8.89. The number of nitrogens with one attached hydrogen (secondary N) is 2. The third-order valence-electron chi connectivity index (χ3n) is 5.71. The Labute approximate surface area is 319 Å². The molecule has 1 aliphatic heterocycles. The van der Waals surface area contributed by atoms with Crippen LogP contribution in [0.1, 0.15) is 48.4 Å². The molecule has 0 spiro atoms. The number of hydroxylamine groups is 1. The van der Waals surface area contributed by atoms with Crippen molar-refractivity contribution in [1.29, 1.82) is 0 Å². The highest BCUT2D eigenvalue weighted by molar-refractivity contribution is 14.1. The maximum absolute atomic E-state index is 13.9. The minimum Gasteiger partial charge on any atom is -0.464 e. The summed E-state index contributed by atoms with van der Waals surface area (Å²) >= 11 is 5.06. The molecule has 1 aromatic rings. The number of hydrogen-bond donors (Lipinski definition) is 3. The highest BCUT2D eigenvalue weighted by atomic mass is 127. The van der Waals surface area contributed by atoms with Crippen LogP contribution in [0.4, 0.5) is 15.3 Å². The van der Waals surface area contributed by atoms with Crippen LogP contribution in [0.25, 0.3) is 0 Å². The smallest absolute Gasteiger partial charge is 0.448 e. The van der Waals surface area contributed by atoms with Crippen molar-refractivity contribution in [3.63, 3.8) is 0 Å². The van der Waals surface area contributed by atoms with E-state index in [1.54, 1.807) is 67.8 Å². The standard InChI is InChI=1S/C27H31I3N4O15/c1-11(35)43-5-15(6-44-12(2)36)32-24(39)18-20(28)19(25(40)33-16(7-45-13(3)37)8-46-14(4)38)22(30)23(21(18)29)34(49-26(31)41)27(42)48-10-17-9-47-17/h15-17H,5-10H2,1-4H3,(H2,31,41)(H,32,39)(H,33,40). The zero-order chi connectivity index (χ0) is 37.0. The van der Waals surface area contributed by atoms with Crippen molar-refractivity contribution in [2.24, 2.45) is 5.73 Å². The molecule has 1 fully saturated rings. The van der Waals surface area contributed by atoms with Gasteiger partial charge in [-0.3, -0.25) is 28.8 Å². The summed E-state index contributed by atoms with van der Waals surface area (Å²) in [5.41, 5.74) is 4.45. The molecule has 1 aromatic carbocycles. The molecule has 4 amide bonds. The number of carbonyl (C=O) groups is 8.